The van der Waals surface area contributed by atoms with Gasteiger partial charge >= 0.3 is 7.12 Å². The first-order valence-electron chi connectivity index (χ1n) is 7.34. The number of aromatic nitrogens is 1. The fraction of sp³-hybridized carbons (Fsp3) is 0. The van der Waals surface area contributed by atoms with Gasteiger partial charge in [0.25, 0.3) is 0 Å². The molecule has 0 amide bonds. The molecule has 5 heteroatoms. The Kier molecular flexibility index (Phi) is 3.11. The lowest BCUT2D eigenvalue weighted by Gasteiger charge is -2.10. The van der Waals surface area contributed by atoms with Crippen LogP contribution in [0.25, 0.3) is 27.5 Å². The molecule has 0 aliphatic heterocycles. The molecule has 1 aromatic heterocycles. The molecule has 0 bridgehead atoms. The van der Waals surface area contributed by atoms with Crippen molar-refractivity contribution in [2.45, 2.75) is 0 Å². The average molecular weight is 303 g/mol. The summed E-state index contributed by atoms with van der Waals surface area (Å²) >= 11 is 0. The molecule has 0 aliphatic rings. The van der Waals surface area contributed by atoms with E-state index in [0.717, 1.165) is 27.5 Å². The molecule has 4 nitrogen and oxygen atoms in total. The van der Waals surface area contributed by atoms with E-state index in [0.29, 0.717) is 0 Å². The Morgan fingerprint density at radius 2 is 1.30 bits per heavy atom. The number of phenols is 1. The van der Waals surface area contributed by atoms with Crippen LogP contribution in [-0.2, 0) is 0 Å². The molecule has 3 aromatic carbocycles. The van der Waals surface area contributed by atoms with E-state index in [1.54, 1.807) is 12.1 Å². The predicted molar refractivity (Wildman–Crippen MR) is 92.3 cm³/mol. The molecule has 0 saturated carbocycles. The fourth-order valence-electron chi connectivity index (χ4n) is 3.09. The summed E-state index contributed by atoms with van der Waals surface area (Å²) < 4.78 is 2.05. The highest BCUT2D eigenvalue weighted by Crippen LogP contribution is 2.32. The zero-order valence-corrected chi connectivity index (χ0v) is 12.2. The third-order valence-electron chi connectivity index (χ3n) is 4.13. The van der Waals surface area contributed by atoms with Gasteiger partial charge in [0.05, 0.1) is 11.0 Å². The van der Waals surface area contributed by atoms with E-state index in [2.05, 4.69) is 16.7 Å². The van der Waals surface area contributed by atoms with Crippen LogP contribution in [0.3, 0.4) is 0 Å². The Hall–Kier alpha value is -2.76. The first kappa shape index (κ1) is 13.9. The maximum Gasteiger partial charge on any atom is 0.492 e. The van der Waals surface area contributed by atoms with Crippen molar-refractivity contribution >= 4 is 34.4 Å². The van der Waals surface area contributed by atoms with E-state index in [-0.39, 0.29) is 11.2 Å². The summed E-state index contributed by atoms with van der Waals surface area (Å²) in [5.41, 5.74) is 2.93. The second kappa shape index (κ2) is 5.16. The quantitative estimate of drug-likeness (QED) is 0.497. The number of benzene rings is 3. The molecule has 0 atom stereocenters. The van der Waals surface area contributed by atoms with Crippen molar-refractivity contribution < 1.29 is 15.2 Å². The molecule has 0 radical (unpaired) electrons. The van der Waals surface area contributed by atoms with E-state index >= 15 is 0 Å². The Bertz CT molecular complexity index is 970. The van der Waals surface area contributed by atoms with Gasteiger partial charge in [-0.2, -0.15) is 0 Å². The molecule has 4 aromatic rings. The normalized spacial score (nSPS) is 11.2. The van der Waals surface area contributed by atoms with Gasteiger partial charge in [0.1, 0.15) is 5.75 Å². The van der Waals surface area contributed by atoms with Crippen LogP contribution in [0.5, 0.6) is 5.75 Å². The summed E-state index contributed by atoms with van der Waals surface area (Å²) in [5, 5.41) is 30.9. The minimum atomic E-state index is -1.69. The number of rotatable bonds is 2. The molecule has 0 saturated heterocycles. The predicted octanol–water partition coefficient (Wildman–Crippen LogP) is 2.17. The standard InChI is InChI=1S/C18H14BNO3/c21-18-11-12(9-10-15(18)19(22)23)20-16-7-3-1-5-13(16)14-6-2-4-8-17(14)20/h1-11,21-23H. The van der Waals surface area contributed by atoms with Gasteiger partial charge in [-0.15, -0.1) is 0 Å². The molecule has 4 rings (SSSR count). The van der Waals surface area contributed by atoms with Gasteiger partial charge in [-0.25, -0.2) is 0 Å². The van der Waals surface area contributed by atoms with Crippen LogP contribution in [0.1, 0.15) is 0 Å². The highest BCUT2D eigenvalue weighted by atomic mass is 16.4. The van der Waals surface area contributed by atoms with Gasteiger partial charge in [-0.3, -0.25) is 0 Å². The van der Waals surface area contributed by atoms with E-state index in [1.165, 1.54) is 6.07 Å². The molecule has 0 fully saturated rings. The Morgan fingerprint density at radius 1 is 0.739 bits per heavy atom. The third-order valence-corrected chi connectivity index (χ3v) is 4.13. The van der Waals surface area contributed by atoms with Crippen molar-refractivity contribution in [3.63, 3.8) is 0 Å². The minimum Gasteiger partial charge on any atom is -0.508 e. The maximum absolute atomic E-state index is 10.1. The molecular formula is C18H14BNO3. The van der Waals surface area contributed by atoms with Crippen molar-refractivity contribution in [1.29, 1.82) is 0 Å². The molecule has 3 N–H and O–H groups in total. The van der Waals surface area contributed by atoms with Gasteiger partial charge in [-0.1, -0.05) is 42.5 Å². The lowest BCUT2D eigenvalue weighted by molar-refractivity contribution is 0.419. The van der Waals surface area contributed by atoms with Crippen LogP contribution in [0, 0.1) is 0 Å². The van der Waals surface area contributed by atoms with E-state index in [4.69, 9.17) is 0 Å². The molecule has 0 aliphatic carbocycles. The monoisotopic (exact) mass is 303 g/mol. The van der Waals surface area contributed by atoms with Gasteiger partial charge < -0.3 is 19.7 Å². The number of aromatic hydroxyl groups is 1. The number of phenolic OH excluding ortho intramolecular Hbond substituents is 1. The summed E-state index contributed by atoms with van der Waals surface area (Å²) in [6.45, 7) is 0. The summed E-state index contributed by atoms with van der Waals surface area (Å²) in [5.74, 6) is -0.139. The Labute approximate surface area is 133 Å². The second-order valence-corrected chi connectivity index (χ2v) is 5.49. The number of hydrogen-bond donors (Lipinski definition) is 3. The lowest BCUT2D eigenvalue weighted by atomic mass is 9.79. The van der Waals surface area contributed by atoms with E-state index in [9.17, 15) is 15.2 Å². The molecule has 112 valence electrons. The topological polar surface area (TPSA) is 65.6 Å². The van der Waals surface area contributed by atoms with Crippen LogP contribution in [0.4, 0.5) is 0 Å². The summed E-state index contributed by atoms with van der Waals surface area (Å²) in [6.07, 6.45) is 0. The van der Waals surface area contributed by atoms with Gasteiger partial charge in [-0.05, 0) is 18.2 Å². The second-order valence-electron chi connectivity index (χ2n) is 5.49. The van der Waals surface area contributed by atoms with Crippen molar-refractivity contribution in [1.82, 2.24) is 4.57 Å². The van der Waals surface area contributed by atoms with Crippen molar-refractivity contribution in [2.24, 2.45) is 0 Å². The van der Waals surface area contributed by atoms with Gasteiger partial charge in [0.15, 0.2) is 0 Å². The van der Waals surface area contributed by atoms with Gasteiger partial charge in [0.2, 0.25) is 0 Å². The molecule has 23 heavy (non-hydrogen) atoms. The molecule has 0 spiro atoms. The smallest absolute Gasteiger partial charge is 0.492 e. The van der Waals surface area contributed by atoms with Crippen LogP contribution >= 0.6 is 0 Å². The molecule has 0 unspecified atom stereocenters. The zero-order chi connectivity index (χ0) is 16.0. The highest BCUT2D eigenvalue weighted by Gasteiger charge is 2.18. The van der Waals surface area contributed by atoms with Crippen LogP contribution in [-0.4, -0.2) is 26.8 Å². The number of para-hydroxylation sites is 2. The van der Waals surface area contributed by atoms with Crippen molar-refractivity contribution in [3.05, 3.63) is 66.7 Å². The van der Waals surface area contributed by atoms with Crippen LogP contribution < -0.4 is 5.46 Å². The fourth-order valence-corrected chi connectivity index (χ4v) is 3.09. The van der Waals surface area contributed by atoms with E-state index < -0.39 is 7.12 Å². The van der Waals surface area contributed by atoms with Crippen LogP contribution in [0.2, 0.25) is 0 Å². The number of nitrogens with zero attached hydrogens (tertiary/aromatic N) is 1. The molecule has 1 heterocycles. The Morgan fingerprint density at radius 3 is 1.83 bits per heavy atom. The first-order valence-corrected chi connectivity index (χ1v) is 7.34. The Balaban J connectivity index is 2.06. The van der Waals surface area contributed by atoms with Crippen molar-refractivity contribution in [2.75, 3.05) is 0 Å². The first-order chi connectivity index (χ1) is 11.2. The third kappa shape index (κ3) is 2.10. The average Bonchev–Trinajstić information content (AvgIpc) is 2.89. The van der Waals surface area contributed by atoms with Gasteiger partial charge in [0, 0.05) is 28.0 Å². The minimum absolute atomic E-state index is 0.0921. The maximum atomic E-state index is 10.1. The summed E-state index contributed by atoms with van der Waals surface area (Å²) in [7, 11) is -1.69. The van der Waals surface area contributed by atoms with Crippen LogP contribution in [0.15, 0.2) is 66.7 Å². The lowest BCUT2D eigenvalue weighted by Crippen LogP contribution is -2.30. The number of hydrogen-bond acceptors (Lipinski definition) is 3. The van der Waals surface area contributed by atoms with Crippen molar-refractivity contribution in [3.8, 4) is 11.4 Å². The largest absolute Gasteiger partial charge is 0.508 e. The number of fused-ring (bicyclic) bond motifs is 3. The zero-order valence-electron chi connectivity index (χ0n) is 12.2. The summed E-state index contributed by atoms with van der Waals surface area (Å²) in [4.78, 5) is 0. The molecular weight excluding hydrogens is 289 g/mol. The van der Waals surface area contributed by atoms with E-state index in [1.807, 2.05) is 36.4 Å². The highest BCUT2D eigenvalue weighted by molar-refractivity contribution is 6.59. The SMILES string of the molecule is OB(O)c1ccc(-n2c3ccccc3c3ccccc32)cc1O. The summed E-state index contributed by atoms with van der Waals surface area (Å²) in [6, 6.07) is 21.0.